The number of phenolic OH excluding ortho intramolecular Hbond substituents is 1. The monoisotopic (exact) mass is 457 g/mol. The quantitative estimate of drug-likeness (QED) is 0.360. The molecule has 1 atom stereocenters. The second-order valence-electron chi connectivity index (χ2n) is 8.59. The lowest BCUT2D eigenvalue weighted by atomic mass is 9.98. The number of aromatic carboxylic acids is 1. The fourth-order valence-corrected chi connectivity index (χ4v) is 3.16. The fraction of sp³-hybridized carbons (Fsp3) is 0.375. The second-order valence-corrected chi connectivity index (χ2v) is 8.59. The summed E-state index contributed by atoms with van der Waals surface area (Å²) in [4.78, 5) is 36.9. The maximum absolute atomic E-state index is 12.9. The highest BCUT2D eigenvalue weighted by atomic mass is 16.6. The van der Waals surface area contributed by atoms with E-state index in [0.717, 1.165) is 0 Å². The molecule has 0 aromatic heterocycles. The van der Waals surface area contributed by atoms with Crippen LogP contribution in [0.4, 0.5) is 10.5 Å². The molecule has 2 aromatic rings. The van der Waals surface area contributed by atoms with Crippen LogP contribution in [0.3, 0.4) is 0 Å². The molecule has 178 valence electrons. The van der Waals surface area contributed by atoms with Crippen LogP contribution >= 0.6 is 0 Å². The van der Waals surface area contributed by atoms with Gasteiger partial charge in [0, 0.05) is 5.69 Å². The van der Waals surface area contributed by atoms with Gasteiger partial charge in [-0.2, -0.15) is 0 Å². The highest BCUT2D eigenvalue weighted by Crippen LogP contribution is 2.29. The van der Waals surface area contributed by atoms with Crippen molar-refractivity contribution in [3.8, 4) is 16.9 Å². The number of ether oxygens (including phenoxy) is 1. The fourth-order valence-electron chi connectivity index (χ4n) is 3.16. The van der Waals surface area contributed by atoms with Crippen molar-refractivity contribution < 1.29 is 29.3 Å². The van der Waals surface area contributed by atoms with Gasteiger partial charge in [0.1, 0.15) is 17.4 Å². The van der Waals surface area contributed by atoms with Crippen LogP contribution in [-0.2, 0) is 9.53 Å². The van der Waals surface area contributed by atoms with E-state index in [1.165, 1.54) is 18.2 Å². The topological polar surface area (TPSA) is 151 Å². The van der Waals surface area contributed by atoms with E-state index in [9.17, 15) is 24.6 Å². The molecule has 0 aliphatic rings. The molecule has 9 heteroatoms. The van der Waals surface area contributed by atoms with E-state index in [4.69, 9.17) is 10.5 Å². The molecular formula is C24H31N3O6. The lowest BCUT2D eigenvalue weighted by Gasteiger charge is -2.23. The number of hydrogen-bond acceptors (Lipinski definition) is 6. The van der Waals surface area contributed by atoms with Crippen molar-refractivity contribution in [2.75, 3.05) is 11.9 Å². The van der Waals surface area contributed by atoms with E-state index in [0.29, 0.717) is 36.9 Å². The Kier molecular flexibility index (Phi) is 8.81. The van der Waals surface area contributed by atoms with E-state index in [1.807, 2.05) is 0 Å². The van der Waals surface area contributed by atoms with E-state index in [2.05, 4.69) is 10.6 Å². The van der Waals surface area contributed by atoms with Crippen molar-refractivity contribution >= 4 is 23.7 Å². The first-order valence-electron chi connectivity index (χ1n) is 10.7. The SMILES string of the molecule is CC(C)(C)OC(=O)N[C@@H](CCCCN)C(=O)Nc1ccc(-c2cccc(O)c2)c(C(=O)O)c1. The van der Waals surface area contributed by atoms with Gasteiger partial charge in [-0.05, 0) is 82.0 Å². The third kappa shape index (κ3) is 8.12. The zero-order valence-electron chi connectivity index (χ0n) is 19.1. The van der Waals surface area contributed by atoms with Gasteiger partial charge in [-0.25, -0.2) is 9.59 Å². The molecule has 0 saturated carbocycles. The summed E-state index contributed by atoms with van der Waals surface area (Å²) >= 11 is 0. The van der Waals surface area contributed by atoms with Crippen LogP contribution in [0.5, 0.6) is 5.75 Å². The highest BCUT2D eigenvalue weighted by molar-refractivity contribution is 6.01. The van der Waals surface area contributed by atoms with Gasteiger partial charge in [0.05, 0.1) is 5.56 Å². The standard InChI is InChI=1S/C24H31N3O6/c1-24(2,3)33-23(32)27-20(9-4-5-12-25)21(29)26-16-10-11-18(19(14-16)22(30)31)15-7-6-8-17(28)13-15/h6-8,10-11,13-14,20,28H,4-5,9,12,25H2,1-3H3,(H,26,29)(H,27,32)(H,30,31)/t20-/m0/s1. The van der Waals surface area contributed by atoms with Crippen molar-refractivity contribution in [3.05, 3.63) is 48.0 Å². The number of anilines is 1. The summed E-state index contributed by atoms with van der Waals surface area (Å²) in [5.41, 5.74) is 5.94. The summed E-state index contributed by atoms with van der Waals surface area (Å²) in [7, 11) is 0. The number of hydrogen-bond donors (Lipinski definition) is 5. The third-order valence-electron chi connectivity index (χ3n) is 4.63. The minimum atomic E-state index is -1.18. The largest absolute Gasteiger partial charge is 0.508 e. The minimum absolute atomic E-state index is 0.00903. The Bertz CT molecular complexity index is 1000. The van der Waals surface area contributed by atoms with Crippen LogP contribution in [-0.4, -0.2) is 46.4 Å². The van der Waals surface area contributed by atoms with E-state index < -0.39 is 29.6 Å². The number of carboxylic acid groups (broad SMARTS) is 1. The summed E-state index contributed by atoms with van der Waals surface area (Å²) < 4.78 is 5.25. The molecular weight excluding hydrogens is 426 g/mol. The van der Waals surface area contributed by atoms with Gasteiger partial charge in [0.25, 0.3) is 0 Å². The number of carbonyl (C=O) groups is 3. The van der Waals surface area contributed by atoms with Crippen LogP contribution in [0.2, 0.25) is 0 Å². The molecule has 0 saturated heterocycles. The van der Waals surface area contributed by atoms with Crippen LogP contribution in [0.25, 0.3) is 11.1 Å². The smallest absolute Gasteiger partial charge is 0.408 e. The second kappa shape index (κ2) is 11.3. The first-order valence-corrected chi connectivity index (χ1v) is 10.7. The van der Waals surface area contributed by atoms with Crippen molar-refractivity contribution in [1.82, 2.24) is 5.32 Å². The zero-order valence-corrected chi connectivity index (χ0v) is 19.1. The number of aromatic hydroxyl groups is 1. The van der Waals surface area contributed by atoms with Gasteiger partial charge >= 0.3 is 12.1 Å². The first kappa shape index (κ1) is 25.7. The average molecular weight is 458 g/mol. The van der Waals surface area contributed by atoms with Crippen LogP contribution in [0.15, 0.2) is 42.5 Å². The number of alkyl carbamates (subject to hydrolysis) is 1. The number of amides is 2. The van der Waals surface area contributed by atoms with E-state index in [1.54, 1.807) is 45.0 Å². The van der Waals surface area contributed by atoms with E-state index in [-0.39, 0.29) is 17.0 Å². The molecule has 33 heavy (non-hydrogen) atoms. The molecule has 0 aliphatic carbocycles. The number of rotatable bonds is 9. The number of benzene rings is 2. The summed E-state index contributed by atoms with van der Waals surface area (Å²) in [6.07, 6.45) is 0.916. The van der Waals surface area contributed by atoms with Gasteiger partial charge in [-0.1, -0.05) is 18.2 Å². The maximum atomic E-state index is 12.9. The highest BCUT2D eigenvalue weighted by Gasteiger charge is 2.24. The van der Waals surface area contributed by atoms with Crippen LogP contribution in [0, 0.1) is 0 Å². The van der Waals surface area contributed by atoms with Crippen LogP contribution < -0.4 is 16.4 Å². The third-order valence-corrected chi connectivity index (χ3v) is 4.63. The molecule has 0 radical (unpaired) electrons. The van der Waals surface area contributed by atoms with Crippen LogP contribution in [0.1, 0.15) is 50.4 Å². The maximum Gasteiger partial charge on any atom is 0.408 e. The Morgan fingerprint density at radius 3 is 2.42 bits per heavy atom. The molecule has 9 nitrogen and oxygen atoms in total. The Hall–Kier alpha value is -3.59. The lowest BCUT2D eigenvalue weighted by Crippen LogP contribution is -2.45. The molecule has 0 fully saturated rings. The minimum Gasteiger partial charge on any atom is -0.508 e. The van der Waals surface area contributed by atoms with Crippen molar-refractivity contribution in [2.45, 2.75) is 51.7 Å². The molecule has 0 aliphatic heterocycles. The number of carbonyl (C=O) groups excluding carboxylic acids is 2. The molecule has 2 amide bonds. The summed E-state index contributed by atoms with van der Waals surface area (Å²) in [5, 5.41) is 24.6. The predicted octanol–water partition coefficient (Wildman–Crippen LogP) is 3.72. The van der Waals surface area contributed by atoms with Gasteiger partial charge in [-0.3, -0.25) is 4.79 Å². The number of nitrogens with one attached hydrogen (secondary N) is 2. The molecule has 6 N–H and O–H groups in total. The molecule has 0 bridgehead atoms. The summed E-state index contributed by atoms with van der Waals surface area (Å²) in [6, 6.07) is 9.80. The number of nitrogens with two attached hydrogens (primary N) is 1. The first-order chi connectivity index (χ1) is 15.5. The van der Waals surface area contributed by atoms with E-state index >= 15 is 0 Å². The number of unbranched alkanes of at least 4 members (excludes halogenated alkanes) is 1. The summed E-state index contributed by atoms with van der Waals surface area (Å²) in [6.45, 7) is 5.62. The molecule has 2 rings (SSSR count). The Balaban J connectivity index is 2.23. The Morgan fingerprint density at radius 1 is 1.09 bits per heavy atom. The zero-order chi connectivity index (χ0) is 24.6. The Labute approximate surface area is 192 Å². The summed E-state index contributed by atoms with van der Waals surface area (Å²) in [5.74, 6) is -1.68. The van der Waals surface area contributed by atoms with Crippen molar-refractivity contribution in [1.29, 1.82) is 0 Å². The number of carboxylic acids is 1. The van der Waals surface area contributed by atoms with Gasteiger partial charge in [0.15, 0.2) is 0 Å². The van der Waals surface area contributed by atoms with Crippen molar-refractivity contribution in [3.63, 3.8) is 0 Å². The molecule has 0 spiro atoms. The van der Waals surface area contributed by atoms with Gasteiger partial charge < -0.3 is 31.3 Å². The predicted molar refractivity (Wildman–Crippen MR) is 125 cm³/mol. The normalized spacial score (nSPS) is 12.0. The van der Waals surface area contributed by atoms with Gasteiger partial charge in [0.2, 0.25) is 5.91 Å². The van der Waals surface area contributed by atoms with Gasteiger partial charge in [-0.15, -0.1) is 0 Å². The molecule has 2 aromatic carbocycles. The number of phenols is 1. The average Bonchev–Trinajstić information content (AvgIpc) is 2.71. The molecule has 0 heterocycles. The molecule has 0 unspecified atom stereocenters. The Morgan fingerprint density at radius 2 is 1.82 bits per heavy atom. The lowest BCUT2D eigenvalue weighted by molar-refractivity contribution is -0.118. The van der Waals surface area contributed by atoms with Crippen molar-refractivity contribution in [2.24, 2.45) is 5.73 Å².